The average Bonchev–Trinajstić information content (AvgIpc) is 2.83. The second-order valence-corrected chi connectivity index (χ2v) is 8.68. The fourth-order valence-corrected chi connectivity index (χ4v) is 4.88. The molecule has 0 unspecified atom stereocenters. The highest BCUT2D eigenvalue weighted by atomic mass is 32.2. The highest BCUT2D eigenvalue weighted by Crippen LogP contribution is 2.34. The van der Waals surface area contributed by atoms with Gasteiger partial charge in [-0.15, -0.1) is 11.8 Å². The van der Waals surface area contributed by atoms with Gasteiger partial charge in [-0.3, -0.25) is 9.59 Å². The van der Waals surface area contributed by atoms with E-state index in [0.29, 0.717) is 13.1 Å². The molecule has 0 aromatic heterocycles. The summed E-state index contributed by atoms with van der Waals surface area (Å²) in [5.74, 6) is 0.869. The number of carbonyl (C=O) groups excluding carboxylic acids is 2. The monoisotopic (exact) mass is 430 g/mol. The zero-order valence-electron chi connectivity index (χ0n) is 17.4. The molecule has 0 atom stereocenters. The molecule has 0 spiro atoms. The molecule has 5 heteroatoms. The summed E-state index contributed by atoms with van der Waals surface area (Å²) in [5.41, 5.74) is 3.28. The third-order valence-electron chi connectivity index (χ3n) is 5.50. The Balaban J connectivity index is 1.35. The van der Waals surface area contributed by atoms with Crippen molar-refractivity contribution in [3.63, 3.8) is 0 Å². The van der Waals surface area contributed by atoms with Crippen LogP contribution >= 0.6 is 11.8 Å². The molecule has 3 aromatic rings. The molecular weight excluding hydrogens is 404 g/mol. The molecule has 3 aromatic carbocycles. The number of nitrogens with one attached hydrogen (secondary N) is 1. The Morgan fingerprint density at radius 3 is 2.13 bits per heavy atom. The molecule has 1 aliphatic heterocycles. The van der Waals surface area contributed by atoms with Crippen molar-refractivity contribution in [1.29, 1.82) is 0 Å². The Bertz CT molecular complexity index is 984. The summed E-state index contributed by atoms with van der Waals surface area (Å²) in [6.07, 6.45) is 0.410. The van der Waals surface area contributed by atoms with Gasteiger partial charge in [0.25, 0.3) is 0 Å². The molecule has 1 heterocycles. The summed E-state index contributed by atoms with van der Waals surface area (Å²) in [6.45, 7) is 1.19. The number of nitrogens with zero attached hydrogens (tertiary/aromatic N) is 1. The smallest absolute Gasteiger partial charge is 0.227 e. The van der Waals surface area contributed by atoms with E-state index in [-0.39, 0.29) is 30.6 Å². The summed E-state index contributed by atoms with van der Waals surface area (Å²) < 4.78 is 0. The van der Waals surface area contributed by atoms with E-state index in [0.717, 1.165) is 27.5 Å². The van der Waals surface area contributed by atoms with Crippen molar-refractivity contribution in [1.82, 2.24) is 5.32 Å². The largest absolute Gasteiger partial charge is 0.355 e. The third-order valence-corrected chi connectivity index (χ3v) is 6.55. The minimum absolute atomic E-state index is 0.00516. The number of rotatable bonds is 7. The minimum atomic E-state index is -0.0927. The first-order valence-electron chi connectivity index (χ1n) is 10.6. The fourth-order valence-electron chi connectivity index (χ4n) is 3.89. The van der Waals surface area contributed by atoms with Gasteiger partial charge in [0.05, 0.1) is 5.69 Å². The van der Waals surface area contributed by atoms with Gasteiger partial charge in [-0.1, -0.05) is 72.8 Å². The molecule has 0 aliphatic carbocycles. The number of thioether (sulfide) groups is 1. The van der Waals surface area contributed by atoms with E-state index in [2.05, 4.69) is 29.6 Å². The number of para-hydroxylation sites is 1. The van der Waals surface area contributed by atoms with Crippen molar-refractivity contribution in [2.75, 3.05) is 23.7 Å². The van der Waals surface area contributed by atoms with Gasteiger partial charge in [0.1, 0.15) is 0 Å². The van der Waals surface area contributed by atoms with Gasteiger partial charge in [-0.05, 0) is 23.3 Å². The van der Waals surface area contributed by atoms with Crippen LogP contribution in [0, 0.1) is 0 Å². The predicted octanol–water partition coefficient (Wildman–Crippen LogP) is 4.85. The number of amides is 2. The van der Waals surface area contributed by atoms with Crippen molar-refractivity contribution >= 4 is 29.3 Å². The molecule has 1 N–H and O–H groups in total. The van der Waals surface area contributed by atoms with Crippen LogP contribution in [0.2, 0.25) is 0 Å². The lowest BCUT2D eigenvalue weighted by molar-refractivity contribution is -0.125. The van der Waals surface area contributed by atoms with E-state index in [4.69, 9.17) is 0 Å². The van der Waals surface area contributed by atoms with Crippen LogP contribution in [-0.4, -0.2) is 30.7 Å². The number of hydrogen-bond acceptors (Lipinski definition) is 3. The summed E-state index contributed by atoms with van der Waals surface area (Å²) in [5, 5.41) is 3.04. The number of hydrogen-bond donors (Lipinski definition) is 1. The number of carbonyl (C=O) groups is 2. The second-order valence-electron chi connectivity index (χ2n) is 7.54. The molecule has 1 aliphatic rings. The lowest BCUT2D eigenvalue weighted by atomic mass is 9.91. The second kappa shape index (κ2) is 10.3. The molecule has 31 heavy (non-hydrogen) atoms. The summed E-state index contributed by atoms with van der Waals surface area (Å²) in [6, 6.07) is 28.3. The van der Waals surface area contributed by atoms with Gasteiger partial charge < -0.3 is 10.2 Å². The fraction of sp³-hybridized carbons (Fsp3) is 0.231. The van der Waals surface area contributed by atoms with Gasteiger partial charge in [0.2, 0.25) is 11.8 Å². The predicted molar refractivity (Wildman–Crippen MR) is 126 cm³/mol. The molecule has 0 fully saturated rings. The normalized spacial score (nSPS) is 13.0. The van der Waals surface area contributed by atoms with E-state index in [1.807, 2.05) is 65.6 Å². The van der Waals surface area contributed by atoms with Crippen molar-refractivity contribution < 1.29 is 9.59 Å². The maximum Gasteiger partial charge on any atom is 0.227 e. The molecule has 4 nitrogen and oxygen atoms in total. The standard InChI is InChI=1S/C26H26N2O2S/c29-25(15-16-26(30)28-17-18-31-24-14-8-7-13-23(24)28)27-19-22(20-9-3-1-4-10-20)21-11-5-2-6-12-21/h1-14,22H,15-19H2,(H,27,29). The molecule has 2 amide bonds. The first-order valence-corrected chi connectivity index (χ1v) is 11.6. The van der Waals surface area contributed by atoms with Gasteiger partial charge in [0, 0.05) is 42.5 Å². The Morgan fingerprint density at radius 2 is 1.45 bits per heavy atom. The van der Waals surface area contributed by atoms with Crippen LogP contribution in [0.4, 0.5) is 5.69 Å². The Morgan fingerprint density at radius 1 is 0.839 bits per heavy atom. The molecule has 0 bridgehead atoms. The molecule has 0 saturated carbocycles. The highest BCUT2D eigenvalue weighted by molar-refractivity contribution is 7.99. The van der Waals surface area contributed by atoms with Gasteiger partial charge >= 0.3 is 0 Å². The number of benzene rings is 3. The minimum Gasteiger partial charge on any atom is -0.355 e. The zero-order chi connectivity index (χ0) is 21.5. The van der Waals surface area contributed by atoms with Crippen molar-refractivity contribution in [2.24, 2.45) is 0 Å². The summed E-state index contributed by atoms with van der Waals surface area (Å²) in [4.78, 5) is 28.3. The zero-order valence-corrected chi connectivity index (χ0v) is 18.2. The number of anilines is 1. The van der Waals surface area contributed by atoms with Crippen LogP contribution in [0.3, 0.4) is 0 Å². The topological polar surface area (TPSA) is 49.4 Å². The van der Waals surface area contributed by atoms with E-state index in [9.17, 15) is 9.59 Å². The summed E-state index contributed by atoms with van der Waals surface area (Å²) in [7, 11) is 0. The van der Waals surface area contributed by atoms with Crippen LogP contribution in [0.5, 0.6) is 0 Å². The van der Waals surface area contributed by atoms with Gasteiger partial charge in [-0.25, -0.2) is 0 Å². The average molecular weight is 431 g/mol. The Labute approximate surface area is 187 Å². The van der Waals surface area contributed by atoms with E-state index >= 15 is 0 Å². The van der Waals surface area contributed by atoms with Crippen LogP contribution in [0.15, 0.2) is 89.8 Å². The molecule has 0 radical (unpaired) electrons. The summed E-state index contributed by atoms with van der Waals surface area (Å²) >= 11 is 1.77. The van der Waals surface area contributed by atoms with Crippen LogP contribution < -0.4 is 10.2 Å². The highest BCUT2D eigenvalue weighted by Gasteiger charge is 2.23. The van der Waals surface area contributed by atoms with Crippen LogP contribution in [0.25, 0.3) is 0 Å². The quantitative estimate of drug-likeness (QED) is 0.583. The first-order chi connectivity index (χ1) is 15.2. The lowest BCUT2D eigenvalue weighted by Gasteiger charge is -2.29. The van der Waals surface area contributed by atoms with Crippen LogP contribution in [0.1, 0.15) is 29.9 Å². The number of fused-ring (bicyclic) bond motifs is 1. The van der Waals surface area contributed by atoms with Crippen LogP contribution in [-0.2, 0) is 9.59 Å². The van der Waals surface area contributed by atoms with Crippen molar-refractivity contribution in [3.05, 3.63) is 96.1 Å². The molecule has 0 saturated heterocycles. The van der Waals surface area contributed by atoms with Crippen molar-refractivity contribution in [3.8, 4) is 0 Å². The van der Waals surface area contributed by atoms with E-state index in [1.54, 1.807) is 11.8 Å². The molecule has 4 rings (SSSR count). The molecular formula is C26H26N2O2S. The molecule has 158 valence electrons. The first kappa shape index (κ1) is 21.2. The Hall–Kier alpha value is -3.05. The Kier molecular flexibility index (Phi) is 7.05. The third kappa shape index (κ3) is 5.36. The van der Waals surface area contributed by atoms with Gasteiger partial charge in [0.15, 0.2) is 0 Å². The van der Waals surface area contributed by atoms with Crippen molar-refractivity contribution in [2.45, 2.75) is 23.7 Å². The van der Waals surface area contributed by atoms with E-state index in [1.165, 1.54) is 0 Å². The lowest BCUT2D eigenvalue weighted by Crippen LogP contribution is -2.36. The van der Waals surface area contributed by atoms with E-state index < -0.39 is 0 Å². The maximum atomic E-state index is 12.8. The maximum absolute atomic E-state index is 12.8. The SMILES string of the molecule is O=C(CCC(=O)N1CCSc2ccccc21)NCC(c1ccccc1)c1ccccc1. The van der Waals surface area contributed by atoms with Gasteiger partial charge in [-0.2, -0.15) is 0 Å².